The van der Waals surface area contributed by atoms with Gasteiger partial charge in [-0.25, -0.2) is 4.79 Å². The molecule has 0 spiro atoms. The van der Waals surface area contributed by atoms with Crippen molar-refractivity contribution in [1.29, 1.82) is 0 Å². The fourth-order valence-electron chi connectivity index (χ4n) is 3.78. The highest BCUT2D eigenvalue weighted by atomic mass is 16.5. The first-order valence-electron chi connectivity index (χ1n) is 10.5. The number of nitrogens with zero attached hydrogens (tertiary/aromatic N) is 2. The third kappa shape index (κ3) is 4.75. The molecule has 32 heavy (non-hydrogen) atoms. The van der Waals surface area contributed by atoms with Gasteiger partial charge >= 0.3 is 5.97 Å². The summed E-state index contributed by atoms with van der Waals surface area (Å²) in [5.74, 6) is -0.263. The largest absolute Gasteiger partial charge is 0.466 e. The fraction of sp³-hybridized carbons (Fsp3) is 0.231. The van der Waals surface area contributed by atoms with Gasteiger partial charge in [0.1, 0.15) is 0 Å². The molecule has 162 valence electrons. The average Bonchev–Trinajstić information content (AvgIpc) is 3.22. The number of aryl methyl sites for hydroxylation is 2. The quantitative estimate of drug-likeness (QED) is 0.449. The molecule has 0 bridgehead atoms. The summed E-state index contributed by atoms with van der Waals surface area (Å²) in [7, 11) is 1.38. The number of methoxy groups -OCH3 is 1. The molecule has 3 aromatic rings. The van der Waals surface area contributed by atoms with Gasteiger partial charge in [0.25, 0.3) is 0 Å². The standard InChI is InChI=1S/C26H25N3O3/c1-16-6-22(13-27-12-16)25(30)8-18-5-4-17(2)21(7-18)14-28-23-10-19-9-20(26(31)32-3)11-24(19)29-15-23/h4-7,9-10,12-13,15,28H,8,11,14H2,1-3H3. The number of aromatic nitrogens is 2. The van der Waals surface area contributed by atoms with Crippen LogP contribution in [-0.4, -0.2) is 28.8 Å². The van der Waals surface area contributed by atoms with E-state index >= 15 is 0 Å². The third-order valence-electron chi connectivity index (χ3n) is 5.60. The molecule has 0 unspecified atom stereocenters. The predicted octanol–water partition coefficient (Wildman–Crippen LogP) is 4.24. The third-order valence-corrected chi connectivity index (χ3v) is 5.60. The zero-order valence-corrected chi connectivity index (χ0v) is 18.4. The monoisotopic (exact) mass is 427 g/mol. The Bertz CT molecular complexity index is 1230. The van der Waals surface area contributed by atoms with Crippen LogP contribution >= 0.6 is 0 Å². The maximum atomic E-state index is 12.6. The zero-order chi connectivity index (χ0) is 22.7. The van der Waals surface area contributed by atoms with Crippen LogP contribution in [0.5, 0.6) is 0 Å². The number of esters is 1. The van der Waals surface area contributed by atoms with Crippen LogP contribution in [0.2, 0.25) is 0 Å². The first-order chi connectivity index (χ1) is 15.4. The number of benzene rings is 1. The minimum Gasteiger partial charge on any atom is -0.466 e. The van der Waals surface area contributed by atoms with Gasteiger partial charge in [-0.2, -0.15) is 0 Å². The first kappa shape index (κ1) is 21.4. The molecular formula is C26H25N3O3. The lowest BCUT2D eigenvalue weighted by atomic mass is 9.99. The first-order valence-corrected chi connectivity index (χ1v) is 10.5. The van der Waals surface area contributed by atoms with Crippen LogP contribution in [0.3, 0.4) is 0 Å². The maximum Gasteiger partial charge on any atom is 0.334 e. The molecule has 1 aliphatic carbocycles. The molecule has 1 aromatic carbocycles. The summed E-state index contributed by atoms with van der Waals surface area (Å²) in [6.07, 6.45) is 7.80. The second-order valence-electron chi connectivity index (χ2n) is 8.06. The van der Waals surface area contributed by atoms with Crippen LogP contribution in [0.25, 0.3) is 6.08 Å². The summed E-state index contributed by atoms with van der Waals surface area (Å²) in [5.41, 5.74) is 8.13. The second kappa shape index (κ2) is 9.14. The van der Waals surface area contributed by atoms with Crippen molar-refractivity contribution in [2.45, 2.75) is 33.2 Å². The molecular weight excluding hydrogens is 402 g/mol. The number of carbonyl (C=O) groups excluding carboxylic acids is 2. The van der Waals surface area contributed by atoms with Gasteiger partial charge in [0.05, 0.1) is 24.7 Å². The molecule has 1 N–H and O–H groups in total. The molecule has 0 saturated carbocycles. The van der Waals surface area contributed by atoms with Crippen molar-refractivity contribution >= 4 is 23.5 Å². The lowest BCUT2D eigenvalue weighted by Gasteiger charge is -2.12. The van der Waals surface area contributed by atoms with Gasteiger partial charge in [-0.3, -0.25) is 14.8 Å². The average molecular weight is 428 g/mol. The topological polar surface area (TPSA) is 81.2 Å². The molecule has 0 amide bonds. The van der Waals surface area contributed by atoms with E-state index in [9.17, 15) is 9.59 Å². The number of carbonyl (C=O) groups is 2. The van der Waals surface area contributed by atoms with E-state index in [0.29, 0.717) is 30.5 Å². The molecule has 0 atom stereocenters. The Morgan fingerprint density at radius 2 is 1.94 bits per heavy atom. The Morgan fingerprint density at radius 1 is 1.09 bits per heavy atom. The minimum absolute atomic E-state index is 0.0555. The summed E-state index contributed by atoms with van der Waals surface area (Å²) in [6, 6.07) is 9.97. The highest BCUT2D eigenvalue weighted by Crippen LogP contribution is 2.26. The Morgan fingerprint density at radius 3 is 2.72 bits per heavy atom. The van der Waals surface area contributed by atoms with Crippen molar-refractivity contribution in [3.05, 3.63) is 93.6 Å². The van der Waals surface area contributed by atoms with Crippen LogP contribution < -0.4 is 5.32 Å². The molecule has 0 aliphatic heterocycles. The van der Waals surface area contributed by atoms with E-state index in [1.165, 1.54) is 7.11 Å². The smallest absolute Gasteiger partial charge is 0.334 e. The Kier molecular flexibility index (Phi) is 6.12. The molecule has 2 aromatic heterocycles. The van der Waals surface area contributed by atoms with Gasteiger partial charge in [-0.15, -0.1) is 0 Å². The number of hydrogen-bond donors (Lipinski definition) is 1. The van der Waals surface area contributed by atoms with Crippen LogP contribution in [0.4, 0.5) is 5.69 Å². The van der Waals surface area contributed by atoms with Gasteiger partial charge < -0.3 is 10.1 Å². The fourth-order valence-corrected chi connectivity index (χ4v) is 3.78. The van der Waals surface area contributed by atoms with Crippen molar-refractivity contribution in [1.82, 2.24) is 9.97 Å². The number of fused-ring (bicyclic) bond motifs is 1. The number of ether oxygens (including phenoxy) is 1. The number of rotatable bonds is 7. The number of ketones is 1. The molecule has 0 saturated heterocycles. The lowest BCUT2D eigenvalue weighted by molar-refractivity contribution is -0.136. The van der Waals surface area contributed by atoms with E-state index in [1.807, 2.05) is 37.3 Å². The minimum atomic E-state index is -0.319. The molecule has 6 nitrogen and oxygen atoms in total. The van der Waals surface area contributed by atoms with E-state index < -0.39 is 0 Å². The summed E-state index contributed by atoms with van der Waals surface area (Å²) in [6.45, 7) is 4.59. The van der Waals surface area contributed by atoms with E-state index in [-0.39, 0.29) is 11.8 Å². The molecule has 6 heteroatoms. The Hall–Kier alpha value is -3.80. The number of Topliss-reactive ketones (excluding diaryl/α,β-unsaturated/α-hetero) is 1. The van der Waals surface area contributed by atoms with Crippen LogP contribution in [0, 0.1) is 13.8 Å². The predicted molar refractivity (Wildman–Crippen MR) is 123 cm³/mol. The van der Waals surface area contributed by atoms with E-state index in [1.54, 1.807) is 18.6 Å². The normalized spacial score (nSPS) is 12.2. The molecule has 1 aliphatic rings. The van der Waals surface area contributed by atoms with Gasteiger partial charge in [0.15, 0.2) is 5.78 Å². The van der Waals surface area contributed by atoms with Gasteiger partial charge in [-0.05, 0) is 59.9 Å². The van der Waals surface area contributed by atoms with Gasteiger partial charge in [-0.1, -0.05) is 18.2 Å². The molecule has 0 fully saturated rings. The highest BCUT2D eigenvalue weighted by molar-refractivity contribution is 5.97. The summed E-state index contributed by atoms with van der Waals surface area (Å²) >= 11 is 0. The lowest BCUT2D eigenvalue weighted by Crippen LogP contribution is -2.07. The van der Waals surface area contributed by atoms with Gasteiger partial charge in [0.2, 0.25) is 0 Å². The maximum absolute atomic E-state index is 12.6. The van der Waals surface area contributed by atoms with Crippen LogP contribution in [0.1, 0.15) is 43.9 Å². The van der Waals surface area contributed by atoms with Crippen molar-refractivity contribution < 1.29 is 14.3 Å². The van der Waals surface area contributed by atoms with Crippen molar-refractivity contribution in [3.8, 4) is 0 Å². The Balaban J connectivity index is 1.45. The van der Waals surface area contributed by atoms with Crippen LogP contribution in [-0.2, 0) is 28.9 Å². The second-order valence-corrected chi connectivity index (χ2v) is 8.06. The molecule has 4 rings (SSSR count). The van der Waals surface area contributed by atoms with E-state index in [2.05, 4.69) is 28.3 Å². The number of nitrogens with one attached hydrogen (secondary N) is 1. The Labute approximate surface area is 187 Å². The SMILES string of the molecule is COC(=O)C1=Cc2cc(NCc3cc(CC(=O)c4cncc(C)c4)ccc3C)cnc2C1. The number of hydrogen-bond acceptors (Lipinski definition) is 6. The summed E-state index contributed by atoms with van der Waals surface area (Å²) in [4.78, 5) is 33.0. The van der Waals surface area contributed by atoms with Crippen molar-refractivity contribution in [3.63, 3.8) is 0 Å². The zero-order valence-electron chi connectivity index (χ0n) is 18.4. The summed E-state index contributed by atoms with van der Waals surface area (Å²) < 4.78 is 4.81. The number of pyridine rings is 2. The highest BCUT2D eigenvalue weighted by Gasteiger charge is 2.20. The molecule has 2 heterocycles. The van der Waals surface area contributed by atoms with Gasteiger partial charge in [0, 0.05) is 42.9 Å². The van der Waals surface area contributed by atoms with Crippen molar-refractivity contribution in [2.24, 2.45) is 0 Å². The number of anilines is 1. The van der Waals surface area contributed by atoms with E-state index in [4.69, 9.17) is 4.74 Å². The van der Waals surface area contributed by atoms with Crippen LogP contribution in [0.15, 0.2) is 54.5 Å². The van der Waals surface area contributed by atoms with E-state index in [0.717, 1.165) is 39.2 Å². The summed E-state index contributed by atoms with van der Waals surface area (Å²) in [5, 5.41) is 3.41. The van der Waals surface area contributed by atoms with Crippen molar-refractivity contribution in [2.75, 3.05) is 12.4 Å². The molecule has 0 radical (unpaired) electrons.